The Morgan fingerprint density at radius 2 is 1.39 bits per heavy atom. The number of benzene rings is 1. The Kier molecular flexibility index (Phi) is 8.69. The molecule has 4 nitrogen and oxygen atoms in total. The SMILES string of the molecule is Clc1nc(Cl)nc(Nc2ccccc2Cl)n1.I.I. The second kappa shape index (κ2) is 8.51. The van der Waals surface area contributed by atoms with Gasteiger partial charge in [0.25, 0.3) is 0 Å². The van der Waals surface area contributed by atoms with Crippen LogP contribution in [-0.2, 0) is 0 Å². The van der Waals surface area contributed by atoms with E-state index in [9.17, 15) is 0 Å². The number of para-hydroxylation sites is 1. The minimum atomic E-state index is 0. The maximum Gasteiger partial charge on any atom is 0.232 e. The number of hydrogen-bond acceptors (Lipinski definition) is 4. The zero-order valence-corrected chi connectivity index (χ0v) is 15.5. The van der Waals surface area contributed by atoms with E-state index in [1.165, 1.54) is 0 Å². The minimum absolute atomic E-state index is 0. The molecule has 18 heavy (non-hydrogen) atoms. The lowest BCUT2D eigenvalue weighted by Gasteiger charge is -2.06. The van der Waals surface area contributed by atoms with Gasteiger partial charge in [-0.25, -0.2) is 0 Å². The monoisotopic (exact) mass is 530 g/mol. The molecule has 1 heterocycles. The largest absolute Gasteiger partial charge is 0.323 e. The molecule has 0 aliphatic rings. The Hall–Kier alpha value is 0.360. The van der Waals surface area contributed by atoms with E-state index in [0.29, 0.717) is 10.7 Å². The second-order valence-electron chi connectivity index (χ2n) is 2.80. The van der Waals surface area contributed by atoms with Gasteiger partial charge in [-0.1, -0.05) is 23.7 Å². The smallest absolute Gasteiger partial charge is 0.232 e. The summed E-state index contributed by atoms with van der Waals surface area (Å²) in [6.45, 7) is 0. The summed E-state index contributed by atoms with van der Waals surface area (Å²) in [6, 6.07) is 7.18. The lowest BCUT2D eigenvalue weighted by Crippen LogP contribution is -1.99. The standard InChI is InChI=1S/C9H5Cl3N4.2HI/c10-5-3-1-2-4-6(5)13-9-15-7(11)14-8(12)16-9;;/h1-4H,(H,13,14,15,16);2*1H. The van der Waals surface area contributed by atoms with Crippen molar-refractivity contribution in [1.29, 1.82) is 0 Å². The highest BCUT2D eigenvalue weighted by Gasteiger charge is 2.05. The van der Waals surface area contributed by atoms with Gasteiger partial charge in [0.05, 0.1) is 10.7 Å². The van der Waals surface area contributed by atoms with Crippen molar-refractivity contribution < 1.29 is 0 Å². The number of nitrogens with zero attached hydrogens (tertiary/aromatic N) is 3. The average Bonchev–Trinajstić information content (AvgIpc) is 2.20. The molecule has 0 aliphatic heterocycles. The molecule has 0 amide bonds. The quantitative estimate of drug-likeness (QED) is 0.566. The topological polar surface area (TPSA) is 50.7 Å². The maximum absolute atomic E-state index is 5.95. The summed E-state index contributed by atoms with van der Waals surface area (Å²) in [6.07, 6.45) is 0. The maximum atomic E-state index is 5.95. The Morgan fingerprint density at radius 1 is 0.833 bits per heavy atom. The summed E-state index contributed by atoms with van der Waals surface area (Å²) < 4.78 is 0. The van der Waals surface area contributed by atoms with E-state index in [-0.39, 0.29) is 64.5 Å². The summed E-state index contributed by atoms with van der Waals surface area (Å²) in [4.78, 5) is 11.4. The highest BCUT2D eigenvalue weighted by Crippen LogP contribution is 2.23. The van der Waals surface area contributed by atoms with E-state index >= 15 is 0 Å². The molecule has 0 saturated heterocycles. The van der Waals surface area contributed by atoms with Gasteiger partial charge >= 0.3 is 0 Å². The lowest BCUT2D eigenvalue weighted by molar-refractivity contribution is 1.05. The molecule has 0 unspecified atom stereocenters. The summed E-state index contributed by atoms with van der Waals surface area (Å²) in [7, 11) is 0. The fourth-order valence-corrected chi connectivity index (χ4v) is 1.61. The summed E-state index contributed by atoms with van der Waals surface area (Å²) in [5.41, 5.74) is 0.669. The molecule has 0 radical (unpaired) electrons. The van der Waals surface area contributed by atoms with Crippen LogP contribution in [0, 0.1) is 0 Å². The molecular formula is C9H7Cl3I2N4. The van der Waals surface area contributed by atoms with Crippen LogP contribution in [0.1, 0.15) is 0 Å². The number of aromatic nitrogens is 3. The summed E-state index contributed by atoms with van der Waals surface area (Å²) in [5.74, 6) is 0.248. The summed E-state index contributed by atoms with van der Waals surface area (Å²) in [5, 5.41) is 3.49. The van der Waals surface area contributed by atoms with Crippen LogP contribution in [0.4, 0.5) is 11.6 Å². The van der Waals surface area contributed by atoms with Gasteiger partial charge in [0, 0.05) is 0 Å². The Morgan fingerprint density at radius 3 is 1.94 bits per heavy atom. The Labute approximate surface area is 153 Å². The fourth-order valence-electron chi connectivity index (χ4n) is 1.06. The third-order valence-corrected chi connectivity index (χ3v) is 2.37. The predicted molar refractivity (Wildman–Crippen MR) is 95.4 cm³/mol. The lowest BCUT2D eigenvalue weighted by atomic mass is 10.3. The zero-order valence-electron chi connectivity index (χ0n) is 8.60. The van der Waals surface area contributed by atoms with Crippen molar-refractivity contribution >= 4 is 94.4 Å². The van der Waals surface area contributed by atoms with Crippen LogP contribution in [0.2, 0.25) is 15.6 Å². The number of rotatable bonds is 2. The van der Waals surface area contributed by atoms with Crippen molar-refractivity contribution in [3.63, 3.8) is 0 Å². The molecule has 0 fully saturated rings. The van der Waals surface area contributed by atoms with E-state index in [1.807, 2.05) is 12.1 Å². The fraction of sp³-hybridized carbons (Fsp3) is 0. The molecule has 0 saturated carbocycles. The van der Waals surface area contributed by atoms with Crippen LogP contribution >= 0.6 is 82.8 Å². The van der Waals surface area contributed by atoms with Crippen molar-refractivity contribution in [3.05, 3.63) is 39.9 Å². The van der Waals surface area contributed by atoms with Gasteiger partial charge in [-0.2, -0.15) is 15.0 Å². The molecule has 2 rings (SSSR count). The molecule has 1 aromatic heterocycles. The third kappa shape index (κ3) is 5.16. The molecule has 0 bridgehead atoms. The number of hydrogen-bond donors (Lipinski definition) is 1. The highest BCUT2D eigenvalue weighted by atomic mass is 127. The molecule has 0 atom stereocenters. The van der Waals surface area contributed by atoms with E-state index in [0.717, 1.165) is 0 Å². The van der Waals surface area contributed by atoms with E-state index in [4.69, 9.17) is 34.8 Å². The van der Waals surface area contributed by atoms with E-state index < -0.39 is 0 Å². The Balaban J connectivity index is 0.00000144. The molecule has 0 spiro atoms. The van der Waals surface area contributed by atoms with Gasteiger partial charge < -0.3 is 5.32 Å². The third-order valence-electron chi connectivity index (χ3n) is 1.70. The van der Waals surface area contributed by atoms with Crippen LogP contribution in [0.3, 0.4) is 0 Å². The van der Waals surface area contributed by atoms with Gasteiger partial charge in [0.1, 0.15) is 0 Å². The van der Waals surface area contributed by atoms with Crippen LogP contribution in [0.15, 0.2) is 24.3 Å². The first-order chi connectivity index (χ1) is 7.65. The van der Waals surface area contributed by atoms with Gasteiger partial charge in [-0.05, 0) is 35.3 Å². The first-order valence-electron chi connectivity index (χ1n) is 4.24. The van der Waals surface area contributed by atoms with Crippen LogP contribution in [-0.4, -0.2) is 15.0 Å². The van der Waals surface area contributed by atoms with Crippen LogP contribution < -0.4 is 5.32 Å². The molecule has 2 aromatic rings. The van der Waals surface area contributed by atoms with Gasteiger partial charge in [-0.3, -0.25) is 0 Å². The molecule has 98 valence electrons. The first kappa shape index (κ1) is 18.4. The Bertz CT molecular complexity index is 507. The van der Waals surface area contributed by atoms with Gasteiger partial charge in [-0.15, -0.1) is 48.0 Å². The van der Waals surface area contributed by atoms with Crippen molar-refractivity contribution in [2.75, 3.05) is 5.32 Å². The molecule has 9 heteroatoms. The van der Waals surface area contributed by atoms with E-state index in [1.54, 1.807) is 12.1 Å². The molecule has 1 N–H and O–H groups in total. The molecule has 0 aliphatic carbocycles. The van der Waals surface area contributed by atoms with Crippen molar-refractivity contribution in [2.45, 2.75) is 0 Å². The molecule has 1 aromatic carbocycles. The van der Waals surface area contributed by atoms with Crippen molar-refractivity contribution in [2.24, 2.45) is 0 Å². The predicted octanol–water partition coefficient (Wildman–Crippen LogP) is 4.81. The van der Waals surface area contributed by atoms with Gasteiger partial charge in [0.15, 0.2) is 0 Å². The first-order valence-corrected chi connectivity index (χ1v) is 5.37. The van der Waals surface area contributed by atoms with Crippen LogP contribution in [0.25, 0.3) is 0 Å². The van der Waals surface area contributed by atoms with Gasteiger partial charge in [0.2, 0.25) is 16.5 Å². The molecular weight excluding hydrogens is 524 g/mol. The number of nitrogens with one attached hydrogen (secondary N) is 1. The number of halogens is 5. The average molecular weight is 531 g/mol. The minimum Gasteiger partial charge on any atom is -0.323 e. The summed E-state index contributed by atoms with van der Waals surface area (Å²) >= 11 is 17.2. The second-order valence-corrected chi connectivity index (χ2v) is 3.89. The highest BCUT2D eigenvalue weighted by molar-refractivity contribution is 14.0. The van der Waals surface area contributed by atoms with Crippen molar-refractivity contribution in [1.82, 2.24) is 15.0 Å². The van der Waals surface area contributed by atoms with Crippen LogP contribution in [0.5, 0.6) is 0 Å². The normalized spacial score (nSPS) is 9.06. The number of anilines is 2. The van der Waals surface area contributed by atoms with Crippen molar-refractivity contribution in [3.8, 4) is 0 Å². The van der Waals surface area contributed by atoms with E-state index in [2.05, 4.69) is 20.3 Å². The zero-order chi connectivity index (χ0) is 11.5.